The third-order valence-electron chi connectivity index (χ3n) is 4.87. The molecule has 0 unspecified atom stereocenters. The Morgan fingerprint density at radius 3 is 2.73 bits per heavy atom. The number of nitrogens with one attached hydrogen (secondary N) is 2. The summed E-state index contributed by atoms with van der Waals surface area (Å²) in [6, 6.07) is 6.77. The van der Waals surface area contributed by atoms with E-state index in [2.05, 4.69) is 15.5 Å². The zero-order valence-corrected chi connectivity index (χ0v) is 16.6. The number of H-pyrrole nitrogens is 1. The average molecular weight is 426 g/mol. The van der Waals surface area contributed by atoms with Crippen LogP contribution in [0.2, 0.25) is 0 Å². The molecule has 2 aromatic heterocycles. The number of carbonyl (C=O) groups excluding carboxylic acids is 3. The lowest BCUT2D eigenvalue weighted by Crippen LogP contribution is -2.23. The number of ether oxygens (including phenoxy) is 1. The number of aryl methyl sites for hydroxylation is 1. The van der Waals surface area contributed by atoms with E-state index in [0.29, 0.717) is 27.0 Å². The van der Waals surface area contributed by atoms with Gasteiger partial charge in [-0.15, -0.1) is 11.3 Å². The molecule has 9 nitrogen and oxygen atoms in total. The van der Waals surface area contributed by atoms with Crippen LogP contribution in [-0.2, 0) is 33.6 Å². The molecule has 30 heavy (non-hydrogen) atoms. The van der Waals surface area contributed by atoms with Crippen molar-refractivity contribution in [1.82, 2.24) is 10.2 Å². The number of nitrogens with two attached hydrogens (primary N) is 1. The molecule has 0 saturated carbocycles. The van der Waals surface area contributed by atoms with Crippen molar-refractivity contribution in [3.63, 3.8) is 0 Å². The normalized spacial score (nSPS) is 12.5. The Labute approximate surface area is 174 Å². The first-order chi connectivity index (χ1) is 14.4. The van der Waals surface area contributed by atoms with Gasteiger partial charge in [-0.25, -0.2) is 5.10 Å². The summed E-state index contributed by atoms with van der Waals surface area (Å²) in [6.45, 7) is -0.513. The number of hydrogen-bond acceptors (Lipinski definition) is 7. The molecule has 1 aromatic carbocycles. The Morgan fingerprint density at radius 2 is 1.97 bits per heavy atom. The van der Waals surface area contributed by atoms with E-state index in [0.717, 1.165) is 29.7 Å². The second-order valence-electron chi connectivity index (χ2n) is 6.86. The molecule has 0 bridgehead atoms. The van der Waals surface area contributed by atoms with Gasteiger partial charge in [-0.2, -0.15) is 5.10 Å². The summed E-state index contributed by atoms with van der Waals surface area (Å²) in [6.07, 6.45) is 2.37. The maximum Gasteiger partial charge on any atom is 0.312 e. The second-order valence-corrected chi connectivity index (χ2v) is 7.96. The van der Waals surface area contributed by atoms with Crippen molar-refractivity contribution < 1.29 is 19.1 Å². The van der Waals surface area contributed by atoms with Crippen molar-refractivity contribution in [3.8, 4) is 0 Å². The first-order valence-corrected chi connectivity index (χ1v) is 10.1. The number of aromatic amines is 1. The molecule has 0 radical (unpaired) electrons. The molecule has 2 amide bonds. The maximum absolute atomic E-state index is 12.2. The minimum Gasteiger partial charge on any atom is -0.455 e. The number of hydrogen-bond donors (Lipinski definition) is 3. The van der Waals surface area contributed by atoms with Gasteiger partial charge >= 0.3 is 5.97 Å². The van der Waals surface area contributed by atoms with Crippen molar-refractivity contribution in [2.75, 3.05) is 11.9 Å². The van der Waals surface area contributed by atoms with E-state index in [-0.39, 0.29) is 12.0 Å². The lowest BCUT2D eigenvalue weighted by molar-refractivity contribution is -0.146. The number of benzene rings is 1. The molecule has 0 fully saturated rings. The minimum atomic E-state index is -0.668. The molecule has 1 aliphatic rings. The molecule has 0 spiro atoms. The third kappa shape index (κ3) is 3.81. The van der Waals surface area contributed by atoms with Gasteiger partial charge in [0.2, 0.25) is 0 Å². The highest BCUT2D eigenvalue weighted by Crippen LogP contribution is 2.38. The summed E-state index contributed by atoms with van der Waals surface area (Å²) < 4.78 is 5.04. The zero-order valence-electron chi connectivity index (χ0n) is 15.8. The van der Waals surface area contributed by atoms with Crippen LogP contribution in [0.5, 0.6) is 0 Å². The van der Waals surface area contributed by atoms with Crippen molar-refractivity contribution in [2.24, 2.45) is 5.73 Å². The molecule has 0 atom stereocenters. The second kappa shape index (κ2) is 8.07. The quantitative estimate of drug-likeness (QED) is 0.507. The van der Waals surface area contributed by atoms with Gasteiger partial charge in [0.05, 0.1) is 23.1 Å². The molecule has 10 heteroatoms. The maximum atomic E-state index is 12.2. The standard InChI is InChI=1S/C20H18N4O5S/c21-18(27)17-12-6-3-7-14(12)30-20(17)22-15(25)9-29-16(26)8-13-10-4-1-2-5-11(10)19(28)24-23-13/h1-2,4-5H,3,6-9H2,(H2,21,27)(H,22,25)(H,24,28). The van der Waals surface area contributed by atoms with Crippen molar-refractivity contribution in [2.45, 2.75) is 25.7 Å². The fourth-order valence-corrected chi connectivity index (χ4v) is 4.87. The van der Waals surface area contributed by atoms with Gasteiger partial charge < -0.3 is 15.8 Å². The Hall–Kier alpha value is -3.53. The van der Waals surface area contributed by atoms with Gasteiger partial charge in [0, 0.05) is 10.3 Å². The fraction of sp³-hybridized carbons (Fsp3) is 0.250. The molecule has 3 aromatic rings. The molecule has 0 saturated heterocycles. The molecule has 4 rings (SSSR count). The summed E-state index contributed by atoms with van der Waals surface area (Å²) in [5.74, 6) is -1.82. The SMILES string of the molecule is NC(=O)c1c(NC(=O)COC(=O)Cc2n[nH]c(=O)c3ccccc23)sc2c1CCC2. The highest BCUT2D eigenvalue weighted by atomic mass is 32.1. The molecular weight excluding hydrogens is 408 g/mol. The van der Waals surface area contributed by atoms with Crippen molar-refractivity contribution >= 4 is 44.9 Å². The third-order valence-corrected chi connectivity index (χ3v) is 6.08. The largest absolute Gasteiger partial charge is 0.455 e. The number of amides is 2. The van der Waals surface area contributed by atoms with Gasteiger partial charge in [-0.05, 0) is 30.9 Å². The Kier molecular flexibility index (Phi) is 5.32. The number of fused-ring (bicyclic) bond motifs is 2. The molecule has 1 aliphatic carbocycles. The summed E-state index contributed by atoms with van der Waals surface area (Å²) >= 11 is 1.33. The topological polar surface area (TPSA) is 144 Å². The van der Waals surface area contributed by atoms with Crippen LogP contribution >= 0.6 is 11.3 Å². The van der Waals surface area contributed by atoms with E-state index in [1.807, 2.05) is 0 Å². The first-order valence-electron chi connectivity index (χ1n) is 9.30. The number of nitrogens with zero attached hydrogens (tertiary/aromatic N) is 1. The Balaban J connectivity index is 1.40. The minimum absolute atomic E-state index is 0.204. The van der Waals surface area contributed by atoms with Crippen LogP contribution in [0.1, 0.15) is 32.9 Å². The van der Waals surface area contributed by atoms with Crippen LogP contribution in [0, 0.1) is 0 Å². The van der Waals surface area contributed by atoms with E-state index in [9.17, 15) is 19.2 Å². The highest BCUT2D eigenvalue weighted by molar-refractivity contribution is 7.17. The lowest BCUT2D eigenvalue weighted by atomic mass is 10.1. The number of aromatic nitrogens is 2. The molecular formula is C20H18N4O5S. The highest BCUT2D eigenvalue weighted by Gasteiger charge is 2.26. The fourth-order valence-electron chi connectivity index (χ4n) is 3.56. The summed E-state index contributed by atoms with van der Waals surface area (Å²) in [5, 5.41) is 10.2. The monoisotopic (exact) mass is 426 g/mol. The first kappa shape index (κ1) is 19.8. The van der Waals surface area contributed by atoms with E-state index in [1.165, 1.54) is 11.3 Å². The van der Waals surface area contributed by atoms with Gasteiger partial charge in [0.1, 0.15) is 5.00 Å². The smallest absolute Gasteiger partial charge is 0.312 e. The summed E-state index contributed by atoms with van der Waals surface area (Å²) in [4.78, 5) is 49.1. The predicted molar refractivity (Wildman–Crippen MR) is 111 cm³/mol. The number of esters is 1. The number of thiophene rings is 1. The van der Waals surface area contributed by atoms with E-state index in [1.54, 1.807) is 24.3 Å². The molecule has 2 heterocycles. The predicted octanol–water partition coefficient (Wildman–Crippen LogP) is 1.30. The number of anilines is 1. The number of carbonyl (C=O) groups is 3. The van der Waals surface area contributed by atoms with Crippen molar-refractivity contribution in [3.05, 3.63) is 56.3 Å². The van der Waals surface area contributed by atoms with Crippen LogP contribution in [0.3, 0.4) is 0 Å². The van der Waals surface area contributed by atoms with Crippen LogP contribution < -0.4 is 16.6 Å². The number of primary amides is 1. The van der Waals surface area contributed by atoms with Crippen LogP contribution in [0.15, 0.2) is 29.1 Å². The van der Waals surface area contributed by atoms with Crippen LogP contribution in [0.4, 0.5) is 5.00 Å². The zero-order chi connectivity index (χ0) is 21.3. The van der Waals surface area contributed by atoms with Crippen molar-refractivity contribution in [1.29, 1.82) is 0 Å². The number of rotatable bonds is 6. The summed E-state index contributed by atoms with van der Waals surface area (Å²) in [7, 11) is 0. The van der Waals surface area contributed by atoms with Gasteiger partial charge in [0.15, 0.2) is 6.61 Å². The molecule has 4 N–H and O–H groups in total. The summed E-state index contributed by atoms with van der Waals surface area (Å²) in [5.41, 5.74) is 6.71. The van der Waals surface area contributed by atoms with E-state index < -0.39 is 24.4 Å². The Bertz CT molecular complexity index is 1230. The van der Waals surface area contributed by atoms with Crippen LogP contribution in [0.25, 0.3) is 10.8 Å². The lowest BCUT2D eigenvalue weighted by Gasteiger charge is -2.08. The van der Waals surface area contributed by atoms with E-state index in [4.69, 9.17) is 10.5 Å². The van der Waals surface area contributed by atoms with Crippen LogP contribution in [-0.4, -0.2) is 34.6 Å². The van der Waals surface area contributed by atoms with Gasteiger partial charge in [-0.1, -0.05) is 18.2 Å². The van der Waals surface area contributed by atoms with Gasteiger partial charge in [0.25, 0.3) is 17.4 Å². The van der Waals surface area contributed by atoms with Gasteiger partial charge in [-0.3, -0.25) is 19.2 Å². The molecule has 154 valence electrons. The molecule has 0 aliphatic heterocycles. The average Bonchev–Trinajstić information content (AvgIpc) is 3.29. The Morgan fingerprint density at radius 1 is 1.20 bits per heavy atom. The van der Waals surface area contributed by atoms with E-state index >= 15 is 0 Å².